The number of rotatable bonds is 4. The maximum atomic E-state index is 3.49. The normalized spacial score (nSPS) is 16.5. The molecule has 152 valence electrons. The summed E-state index contributed by atoms with van der Waals surface area (Å²) in [5.41, 5.74) is 9.35. The molecule has 2 aliphatic rings. The fourth-order valence-electron chi connectivity index (χ4n) is 3.55. The van der Waals surface area contributed by atoms with Gasteiger partial charge in [-0.2, -0.15) is 11.1 Å². The summed E-state index contributed by atoms with van der Waals surface area (Å²) >= 11 is 0. The Kier molecular flexibility index (Phi) is 15.3. The summed E-state index contributed by atoms with van der Waals surface area (Å²) in [6, 6.07) is 0. The number of hydrogen-bond donors (Lipinski definition) is 0. The molecule has 0 spiro atoms. The summed E-state index contributed by atoms with van der Waals surface area (Å²) in [5, 5.41) is 0. The zero-order chi connectivity index (χ0) is 18.7. The van der Waals surface area contributed by atoms with Gasteiger partial charge in [0.05, 0.1) is 0 Å². The van der Waals surface area contributed by atoms with Gasteiger partial charge in [-0.3, -0.25) is 0 Å². The minimum absolute atomic E-state index is 0. The topological polar surface area (TPSA) is 0 Å². The second kappa shape index (κ2) is 12.9. The largest absolute Gasteiger partial charge is 4.00 e. The van der Waals surface area contributed by atoms with E-state index in [4.69, 9.17) is 0 Å². The first kappa shape index (κ1) is 32.1. The van der Waals surface area contributed by atoms with Crippen molar-refractivity contribution in [2.45, 2.75) is 94.9 Å². The van der Waals surface area contributed by atoms with Crippen molar-refractivity contribution in [1.29, 1.82) is 0 Å². The second-order valence-corrected chi connectivity index (χ2v) is 8.95. The Labute approximate surface area is 201 Å². The zero-order valence-corrected chi connectivity index (χ0v) is 23.1. The van der Waals surface area contributed by atoms with Gasteiger partial charge in [0.1, 0.15) is 0 Å². The van der Waals surface area contributed by atoms with Crippen molar-refractivity contribution in [3.8, 4) is 0 Å². The van der Waals surface area contributed by atoms with Gasteiger partial charge in [-0.05, 0) is 23.7 Å². The van der Waals surface area contributed by atoms with E-state index >= 15 is 0 Å². The number of allylic oxidation sites excluding steroid dienone is 8. The predicted molar refractivity (Wildman–Crippen MR) is 108 cm³/mol. The second-order valence-electron chi connectivity index (χ2n) is 8.95. The van der Waals surface area contributed by atoms with Crippen LogP contribution in [0, 0.1) is 23.0 Å². The molecule has 0 aromatic heterocycles. The van der Waals surface area contributed by atoms with E-state index in [0.29, 0.717) is 10.8 Å². The van der Waals surface area contributed by atoms with Crippen LogP contribution in [0.15, 0.2) is 33.4 Å². The first-order valence-electron chi connectivity index (χ1n) is 9.54. The molecule has 0 saturated carbocycles. The Bertz CT molecular complexity index is 548. The van der Waals surface area contributed by atoms with Crippen LogP contribution in [0.5, 0.6) is 0 Å². The molecule has 0 aromatic carbocycles. The molecule has 0 nitrogen and oxygen atoms in total. The van der Waals surface area contributed by atoms with Gasteiger partial charge in [-0.25, -0.2) is 34.4 Å². The molecule has 0 bridgehead atoms. The van der Waals surface area contributed by atoms with E-state index in [2.05, 4.69) is 81.4 Å². The van der Waals surface area contributed by atoms with Crippen LogP contribution in [-0.4, -0.2) is 0 Å². The Morgan fingerprint density at radius 3 is 1.07 bits per heavy atom. The molecule has 0 aliphatic heterocycles. The van der Waals surface area contributed by atoms with Gasteiger partial charge in [-0.15, -0.1) is 13.8 Å². The maximum absolute atomic E-state index is 3.49. The fraction of sp³-hybridized carbons (Fsp3) is 0.667. The molecule has 0 saturated heterocycles. The standard InChI is InChI=1S/2C12H19.2ClH.Zr/c2*1-6-12(4,5)11-8-9(2)7-10(11)3;;;/h2*6-7H2,1-5H3;2*1H;/q2*-1;;;+4/p-2. The molecule has 3 heteroatoms. The van der Waals surface area contributed by atoms with Gasteiger partial charge in [0, 0.05) is 0 Å². The van der Waals surface area contributed by atoms with E-state index in [1.807, 2.05) is 0 Å². The molecular formula is C24H38Cl2Zr. The maximum Gasteiger partial charge on any atom is 4.00 e. The summed E-state index contributed by atoms with van der Waals surface area (Å²) in [6.07, 6.45) is 11.6. The Balaban J connectivity index is -0.000000384. The predicted octanol–water partition coefficient (Wildman–Crippen LogP) is 1.79. The molecule has 0 unspecified atom stereocenters. The van der Waals surface area contributed by atoms with Crippen LogP contribution in [0.3, 0.4) is 0 Å². The minimum Gasteiger partial charge on any atom is -1.00 e. The molecule has 27 heavy (non-hydrogen) atoms. The van der Waals surface area contributed by atoms with E-state index < -0.39 is 0 Å². The van der Waals surface area contributed by atoms with E-state index in [-0.39, 0.29) is 51.0 Å². The van der Waals surface area contributed by atoms with Gasteiger partial charge >= 0.3 is 26.2 Å². The summed E-state index contributed by atoms with van der Waals surface area (Å²) in [7, 11) is 0. The quantitative estimate of drug-likeness (QED) is 0.530. The van der Waals surface area contributed by atoms with Gasteiger partial charge in [0.15, 0.2) is 0 Å². The first-order chi connectivity index (χ1) is 10.9. The van der Waals surface area contributed by atoms with Crippen molar-refractivity contribution in [1.82, 2.24) is 0 Å². The molecule has 2 aliphatic carbocycles. The van der Waals surface area contributed by atoms with Crippen molar-refractivity contribution < 1.29 is 51.0 Å². The third-order valence-corrected chi connectivity index (χ3v) is 5.71. The van der Waals surface area contributed by atoms with Gasteiger partial charge in [0.25, 0.3) is 0 Å². The Morgan fingerprint density at radius 1 is 0.667 bits per heavy atom. The first-order valence-corrected chi connectivity index (χ1v) is 9.54. The third-order valence-electron chi connectivity index (χ3n) is 5.71. The smallest absolute Gasteiger partial charge is 1.00 e. The molecule has 0 atom stereocenters. The van der Waals surface area contributed by atoms with Crippen LogP contribution in [0.2, 0.25) is 0 Å². The molecule has 0 fully saturated rings. The molecule has 0 aromatic rings. The monoisotopic (exact) mass is 486 g/mol. The average Bonchev–Trinajstić information content (AvgIpc) is 3.01. The molecule has 0 radical (unpaired) electrons. The SMILES string of the molecule is CCC(C)(C)C1=C(C)CC(C)=[C-]1.CCC(C)(C)C1=C(C)CC(C)=[C-]1.[Cl-].[Cl-].[Zr+4]. The van der Waals surface area contributed by atoms with Crippen LogP contribution in [-0.2, 0) is 26.2 Å². The number of hydrogen-bond acceptors (Lipinski definition) is 0. The van der Waals surface area contributed by atoms with Gasteiger partial charge in [-0.1, -0.05) is 68.2 Å². The third kappa shape index (κ3) is 8.76. The Morgan fingerprint density at radius 2 is 0.926 bits per heavy atom. The average molecular weight is 489 g/mol. The van der Waals surface area contributed by atoms with Crippen LogP contribution in [0.25, 0.3) is 0 Å². The van der Waals surface area contributed by atoms with Crippen molar-refractivity contribution in [3.63, 3.8) is 0 Å². The summed E-state index contributed by atoms with van der Waals surface area (Å²) in [6.45, 7) is 22.5. The molecule has 2 rings (SSSR count). The summed E-state index contributed by atoms with van der Waals surface area (Å²) in [5.74, 6) is 0. The van der Waals surface area contributed by atoms with Crippen LogP contribution >= 0.6 is 0 Å². The van der Waals surface area contributed by atoms with E-state index in [9.17, 15) is 0 Å². The van der Waals surface area contributed by atoms with Crippen molar-refractivity contribution >= 4 is 0 Å². The number of halogens is 2. The van der Waals surface area contributed by atoms with Crippen molar-refractivity contribution in [2.75, 3.05) is 0 Å². The van der Waals surface area contributed by atoms with Gasteiger partial charge < -0.3 is 24.8 Å². The summed E-state index contributed by atoms with van der Waals surface area (Å²) in [4.78, 5) is 0. The van der Waals surface area contributed by atoms with Crippen LogP contribution in [0.4, 0.5) is 0 Å². The Hall–Kier alpha value is 0.423. The van der Waals surface area contributed by atoms with E-state index in [1.54, 1.807) is 0 Å². The molecule has 0 amide bonds. The van der Waals surface area contributed by atoms with Crippen LogP contribution < -0.4 is 24.8 Å². The van der Waals surface area contributed by atoms with Gasteiger partial charge in [0.2, 0.25) is 0 Å². The molecule has 0 N–H and O–H groups in total. The summed E-state index contributed by atoms with van der Waals surface area (Å²) < 4.78 is 0. The van der Waals surface area contributed by atoms with Crippen molar-refractivity contribution in [3.05, 3.63) is 45.6 Å². The minimum atomic E-state index is 0. The fourth-order valence-corrected chi connectivity index (χ4v) is 3.55. The van der Waals surface area contributed by atoms with E-state index in [0.717, 1.165) is 12.8 Å². The van der Waals surface area contributed by atoms with Crippen molar-refractivity contribution in [2.24, 2.45) is 10.8 Å². The molecule has 0 heterocycles. The van der Waals surface area contributed by atoms with Crippen LogP contribution in [0.1, 0.15) is 94.9 Å². The molecular weight excluding hydrogens is 450 g/mol. The zero-order valence-electron chi connectivity index (χ0n) is 19.1. The van der Waals surface area contributed by atoms with E-state index in [1.165, 1.54) is 46.3 Å².